The van der Waals surface area contributed by atoms with Crippen LogP contribution in [-0.4, -0.2) is 59.7 Å². The summed E-state index contributed by atoms with van der Waals surface area (Å²) in [6.07, 6.45) is -0.306. The summed E-state index contributed by atoms with van der Waals surface area (Å²) in [7, 11) is -3.90. The molecule has 1 saturated heterocycles. The molecule has 3 amide bonds. The van der Waals surface area contributed by atoms with Gasteiger partial charge in [-0.3, -0.25) is 24.1 Å². The Kier molecular flexibility index (Phi) is 5.32. The smallest absolute Gasteiger partial charge is 0.308 e. The minimum absolute atomic E-state index is 0.0299. The van der Waals surface area contributed by atoms with E-state index in [1.807, 2.05) is 6.07 Å². The zero-order chi connectivity index (χ0) is 22.2. The number of esters is 1. The molecule has 160 valence electrons. The van der Waals surface area contributed by atoms with Crippen LogP contribution in [-0.2, 0) is 31.0 Å². The first-order valence-electron chi connectivity index (χ1n) is 9.47. The first-order chi connectivity index (χ1) is 14.8. The average molecular weight is 442 g/mol. The highest BCUT2D eigenvalue weighted by atomic mass is 32.2. The second-order valence-electron chi connectivity index (χ2n) is 7.21. The number of hydrogen-bond donors (Lipinski definition) is 0. The van der Waals surface area contributed by atoms with Gasteiger partial charge >= 0.3 is 5.97 Å². The third kappa shape index (κ3) is 3.93. The first-order valence-corrected chi connectivity index (χ1v) is 11.1. The normalized spacial score (nSPS) is 19.0. The molecule has 9 nitrogen and oxygen atoms in total. The van der Waals surface area contributed by atoms with E-state index < -0.39 is 46.3 Å². The minimum atomic E-state index is -3.90. The molecule has 0 radical (unpaired) electrons. The van der Waals surface area contributed by atoms with Crippen LogP contribution in [0.5, 0.6) is 0 Å². The number of nitrogens with zero attached hydrogens (tertiary/aromatic N) is 2. The van der Waals surface area contributed by atoms with Gasteiger partial charge in [0.25, 0.3) is 17.7 Å². The first kappa shape index (κ1) is 20.7. The molecule has 2 aliphatic rings. The SMILES string of the molecule is O=C(CC1CS(=O)(=O)N1C(=O)CN1C(=O)c2ccccc2C1=O)OCc1ccccc1. The molecule has 1 fully saturated rings. The van der Waals surface area contributed by atoms with Crippen LogP contribution in [0.25, 0.3) is 0 Å². The lowest BCUT2D eigenvalue weighted by molar-refractivity contribution is -0.146. The van der Waals surface area contributed by atoms with Crippen molar-refractivity contribution in [2.24, 2.45) is 0 Å². The zero-order valence-electron chi connectivity index (χ0n) is 16.3. The van der Waals surface area contributed by atoms with Crippen LogP contribution in [0.2, 0.25) is 0 Å². The number of benzene rings is 2. The molecule has 31 heavy (non-hydrogen) atoms. The van der Waals surface area contributed by atoms with Crippen molar-refractivity contribution in [3.8, 4) is 0 Å². The van der Waals surface area contributed by atoms with Crippen molar-refractivity contribution in [3.63, 3.8) is 0 Å². The highest BCUT2D eigenvalue weighted by Crippen LogP contribution is 2.27. The van der Waals surface area contributed by atoms with E-state index in [0.29, 0.717) is 9.21 Å². The number of amides is 3. The molecular formula is C21H18N2O7S. The third-order valence-corrected chi connectivity index (χ3v) is 7.00. The largest absolute Gasteiger partial charge is 0.461 e. The molecule has 10 heteroatoms. The maximum Gasteiger partial charge on any atom is 0.308 e. The van der Waals surface area contributed by atoms with Gasteiger partial charge in [-0.05, 0) is 17.7 Å². The number of imide groups is 1. The van der Waals surface area contributed by atoms with Crippen molar-refractivity contribution < 1.29 is 32.3 Å². The molecule has 0 saturated carbocycles. The lowest BCUT2D eigenvalue weighted by atomic mass is 10.1. The number of fused-ring (bicyclic) bond motifs is 1. The Morgan fingerprint density at radius 1 is 0.935 bits per heavy atom. The Hall–Kier alpha value is -3.53. The molecule has 0 spiro atoms. The van der Waals surface area contributed by atoms with Crippen LogP contribution in [0, 0.1) is 0 Å². The van der Waals surface area contributed by atoms with E-state index in [1.165, 1.54) is 12.1 Å². The van der Waals surface area contributed by atoms with Crippen LogP contribution in [0.15, 0.2) is 54.6 Å². The second-order valence-corrected chi connectivity index (χ2v) is 9.10. The van der Waals surface area contributed by atoms with Crippen LogP contribution in [0.4, 0.5) is 0 Å². The Morgan fingerprint density at radius 3 is 2.10 bits per heavy atom. The number of ether oxygens (including phenoxy) is 1. The van der Waals surface area contributed by atoms with Gasteiger partial charge in [0, 0.05) is 0 Å². The molecule has 0 N–H and O–H groups in total. The number of hydrogen-bond acceptors (Lipinski definition) is 7. The predicted molar refractivity (Wildman–Crippen MR) is 107 cm³/mol. The van der Waals surface area contributed by atoms with Crippen molar-refractivity contribution in [2.75, 3.05) is 12.3 Å². The van der Waals surface area contributed by atoms with Crippen molar-refractivity contribution in [1.82, 2.24) is 9.21 Å². The molecule has 2 aliphatic heterocycles. The van der Waals surface area contributed by atoms with Crippen LogP contribution >= 0.6 is 0 Å². The van der Waals surface area contributed by atoms with Crippen LogP contribution in [0.1, 0.15) is 32.7 Å². The van der Waals surface area contributed by atoms with E-state index in [2.05, 4.69) is 0 Å². The van der Waals surface area contributed by atoms with Crippen LogP contribution < -0.4 is 0 Å². The Bertz CT molecular complexity index is 1140. The van der Waals surface area contributed by atoms with E-state index >= 15 is 0 Å². The molecule has 0 bridgehead atoms. The summed E-state index contributed by atoms with van der Waals surface area (Å²) >= 11 is 0. The van der Waals surface area contributed by atoms with Gasteiger partial charge in [-0.25, -0.2) is 12.7 Å². The van der Waals surface area contributed by atoms with Gasteiger partial charge in [-0.15, -0.1) is 0 Å². The Morgan fingerprint density at radius 2 is 1.52 bits per heavy atom. The lowest BCUT2D eigenvalue weighted by Crippen LogP contribution is -2.61. The Balaban J connectivity index is 1.39. The van der Waals surface area contributed by atoms with E-state index in [-0.39, 0.29) is 29.9 Å². The summed E-state index contributed by atoms with van der Waals surface area (Å²) in [6.45, 7) is -0.691. The van der Waals surface area contributed by atoms with Gasteiger partial charge in [-0.1, -0.05) is 42.5 Å². The molecular weight excluding hydrogens is 424 g/mol. The minimum Gasteiger partial charge on any atom is -0.461 e. The molecule has 2 aromatic carbocycles. The summed E-state index contributed by atoms with van der Waals surface area (Å²) in [5, 5.41) is 0. The fraction of sp³-hybridized carbons (Fsp3) is 0.238. The van der Waals surface area contributed by atoms with Crippen LogP contribution in [0.3, 0.4) is 0 Å². The molecule has 0 aliphatic carbocycles. The van der Waals surface area contributed by atoms with Gasteiger partial charge in [0.1, 0.15) is 13.2 Å². The summed E-state index contributed by atoms with van der Waals surface area (Å²) < 4.78 is 30.0. The molecule has 1 unspecified atom stereocenters. The van der Waals surface area contributed by atoms with Crippen molar-refractivity contribution in [1.29, 1.82) is 0 Å². The van der Waals surface area contributed by atoms with Gasteiger partial charge in [0.2, 0.25) is 10.0 Å². The predicted octanol–water partition coefficient (Wildman–Crippen LogP) is 0.957. The lowest BCUT2D eigenvalue weighted by Gasteiger charge is -2.39. The van der Waals surface area contributed by atoms with Crippen molar-refractivity contribution in [3.05, 3.63) is 71.3 Å². The highest BCUT2D eigenvalue weighted by molar-refractivity contribution is 7.91. The number of carbonyl (C=O) groups is 4. The topological polar surface area (TPSA) is 118 Å². The van der Waals surface area contributed by atoms with Gasteiger partial charge in [0.05, 0.1) is 29.3 Å². The summed E-state index contributed by atoms with van der Waals surface area (Å²) in [5.74, 6) is -3.30. The Labute approximate surface area is 178 Å². The number of rotatable bonds is 6. The van der Waals surface area contributed by atoms with E-state index in [1.54, 1.807) is 36.4 Å². The van der Waals surface area contributed by atoms with Gasteiger partial charge in [0.15, 0.2) is 0 Å². The maximum atomic E-state index is 12.7. The fourth-order valence-corrected chi connectivity index (χ4v) is 5.24. The van der Waals surface area contributed by atoms with E-state index in [9.17, 15) is 27.6 Å². The molecule has 0 aromatic heterocycles. The summed E-state index contributed by atoms with van der Waals surface area (Å²) in [5.41, 5.74) is 1.09. The molecule has 1 atom stereocenters. The highest BCUT2D eigenvalue weighted by Gasteiger charge is 2.49. The van der Waals surface area contributed by atoms with E-state index in [4.69, 9.17) is 4.74 Å². The standard InChI is InChI=1S/C21H18N2O7S/c24-18(11-22-20(26)16-8-4-5-9-17(16)21(22)27)23-15(13-31(23,28)29)10-19(25)30-12-14-6-2-1-3-7-14/h1-9,15H,10-13H2. The monoisotopic (exact) mass is 442 g/mol. The third-order valence-electron chi connectivity index (χ3n) is 5.10. The second kappa shape index (κ2) is 7.95. The quantitative estimate of drug-likeness (QED) is 0.483. The average Bonchev–Trinajstić information content (AvgIpc) is 2.97. The van der Waals surface area contributed by atoms with Crippen molar-refractivity contribution >= 4 is 33.7 Å². The summed E-state index contributed by atoms with van der Waals surface area (Å²) in [4.78, 5) is 50.3. The number of sulfonamides is 1. The van der Waals surface area contributed by atoms with Crippen molar-refractivity contribution in [2.45, 2.75) is 19.1 Å². The molecule has 2 aromatic rings. The molecule has 4 rings (SSSR count). The summed E-state index contributed by atoms with van der Waals surface area (Å²) in [6, 6.07) is 14.2. The maximum absolute atomic E-state index is 12.7. The fourth-order valence-electron chi connectivity index (χ4n) is 3.61. The van der Waals surface area contributed by atoms with Gasteiger partial charge < -0.3 is 4.74 Å². The zero-order valence-corrected chi connectivity index (χ0v) is 17.1. The number of carbonyl (C=O) groups excluding carboxylic acids is 4. The van der Waals surface area contributed by atoms with Gasteiger partial charge in [-0.2, -0.15) is 0 Å². The van der Waals surface area contributed by atoms with E-state index in [0.717, 1.165) is 5.56 Å². The molecule has 2 heterocycles.